The number of nitrogens with one attached hydrogen (secondary N) is 1. The number of hydrogen-bond donors (Lipinski definition) is 1. The number of unbranched alkanes of at least 4 members (excludes halogenated alkanes) is 8. The maximum absolute atomic E-state index is 14.4. The number of nitrogens with zero attached hydrogens (tertiary/aromatic N) is 1. The quantitative estimate of drug-likeness (QED) is 0.117. The van der Waals surface area contributed by atoms with Crippen LogP contribution in [0, 0.1) is 0 Å². The van der Waals surface area contributed by atoms with Gasteiger partial charge in [-0.15, -0.1) is 0 Å². The van der Waals surface area contributed by atoms with E-state index in [1.807, 2.05) is 0 Å². The second kappa shape index (κ2) is 18.2. The Morgan fingerprint density at radius 1 is 0.735 bits per heavy atom. The Morgan fingerprint density at radius 2 is 1.18 bits per heavy atom. The lowest BCUT2D eigenvalue weighted by Crippen LogP contribution is -2.57. The fourth-order valence-electron chi connectivity index (χ4n) is 6.90. The first kappa shape index (κ1) is 40.3. The van der Waals surface area contributed by atoms with Crippen LogP contribution in [0.4, 0.5) is 26.3 Å². The van der Waals surface area contributed by atoms with Crippen LogP contribution < -0.4 is 5.32 Å². The van der Waals surface area contributed by atoms with E-state index in [2.05, 4.69) is 5.32 Å². The van der Waals surface area contributed by atoms with Crippen LogP contribution >= 0.6 is 0 Å². The SMILES string of the molecule is CO[C@](C(=O)N[C@H](C)CCCCCCCCCCC[C@H]1CCCN1C(=O)[C@@](OC)(c1ccccc1)C(F)(F)F)(c1ccccc1)C(F)(F)F. The monoisotopic (exact) mass is 700 g/mol. The second-order valence-corrected chi connectivity index (χ2v) is 12.9. The Hall–Kier alpha value is -3.12. The summed E-state index contributed by atoms with van der Waals surface area (Å²) in [6, 6.07) is 13.3. The minimum Gasteiger partial charge on any atom is -0.356 e. The van der Waals surface area contributed by atoms with Crippen LogP contribution in [-0.4, -0.2) is 61.9 Å². The molecule has 12 heteroatoms. The van der Waals surface area contributed by atoms with Gasteiger partial charge in [0.1, 0.15) is 0 Å². The normalized spacial score (nSPS) is 18.5. The van der Waals surface area contributed by atoms with Gasteiger partial charge in [0.15, 0.2) is 0 Å². The van der Waals surface area contributed by atoms with Gasteiger partial charge in [0.2, 0.25) is 0 Å². The van der Waals surface area contributed by atoms with Crippen LogP contribution in [0.3, 0.4) is 0 Å². The van der Waals surface area contributed by atoms with Crippen LogP contribution in [-0.2, 0) is 30.3 Å². The predicted octanol–water partition coefficient (Wildman–Crippen LogP) is 8.98. The van der Waals surface area contributed by atoms with Crippen LogP contribution in [0.1, 0.15) is 102 Å². The summed E-state index contributed by atoms with van der Waals surface area (Å²) in [6.45, 7) is 1.96. The average molecular weight is 701 g/mol. The molecule has 4 atom stereocenters. The molecular weight excluding hydrogens is 650 g/mol. The third-order valence-corrected chi connectivity index (χ3v) is 9.58. The van der Waals surface area contributed by atoms with Gasteiger partial charge in [0, 0.05) is 44.0 Å². The summed E-state index contributed by atoms with van der Waals surface area (Å²) in [4.78, 5) is 27.7. The molecule has 49 heavy (non-hydrogen) atoms. The predicted molar refractivity (Wildman–Crippen MR) is 175 cm³/mol. The lowest BCUT2D eigenvalue weighted by Gasteiger charge is -2.38. The lowest BCUT2D eigenvalue weighted by atomic mass is 9.90. The standard InChI is InChI=1S/C37H50F6N2O4/c1-28(44-32(46)34(48-2,36(38,39)40)29-21-14-11-15-22-29)20-13-9-7-5-4-6-8-10-18-25-31-26-19-27-45(31)33(47)35(49-3,37(41,42)43)30-23-16-12-17-24-30/h11-12,14-17,21-24,28,31H,4-10,13,18-20,25-27H2,1-3H3,(H,44,46)/t28-,31+,34+,35+/m1/s1. The Morgan fingerprint density at radius 3 is 1.65 bits per heavy atom. The van der Waals surface area contributed by atoms with Crippen molar-refractivity contribution in [1.29, 1.82) is 0 Å². The van der Waals surface area contributed by atoms with Crippen molar-refractivity contribution in [3.05, 3.63) is 71.8 Å². The maximum Gasteiger partial charge on any atom is 0.430 e. The number of hydrogen-bond acceptors (Lipinski definition) is 4. The summed E-state index contributed by atoms with van der Waals surface area (Å²) in [5, 5.41) is 2.50. The zero-order valence-corrected chi connectivity index (χ0v) is 28.7. The van der Waals surface area contributed by atoms with E-state index >= 15 is 0 Å². The molecular formula is C37H50F6N2O4. The van der Waals surface area contributed by atoms with Gasteiger partial charge in [-0.25, -0.2) is 0 Å². The van der Waals surface area contributed by atoms with Gasteiger partial charge < -0.3 is 19.7 Å². The minimum absolute atomic E-state index is 0.222. The first-order valence-corrected chi connectivity index (χ1v) is 17.2. The van der Waals surface area contributed by atoms with Gasteiger partial charge >= 0.3 is 12.4 Å². The summed E-state index contributed by atoms with van der Waals surface area (Å²) < 4.78 is 95.4. The first-order chi connectivity index (χ1) is 23.3. The van der Waals surface area contributed by atoms with E-state index < -0.39 is 41.4 Å². The molecule has 0 bridgehead atoms. The van der Waals surface area contributed by atoms with E-state index in [0.717, 1.165) is 72.0 Å². The van der Waals surface area contributed by atoms with E-state index in [9.17, 15) is 35.9 Å². The van der Waals surface area contributed by atoms with E-state index in [1.165, 1.54) is 53.4 Å². The Kier molecular flexibility index (Phi) is 15.0. The molecule has 1 aliphatic rings. The van der Waals surface area contributed by atoms with Gasteiger partial charge in [-0.2, -0.15) is 26.3 Å². The molecule has 1 saturated heterocycles. The zero-order chi connectivity index (χ0) is 36.1. The van der Waals surface area contributed by atoms with E-state index in [1.54, 1.807) is 19.1 Å². The van der Waals surface area contributed by atoms with E-state index in [-0.39, 0.29) is 23.7 Å². The number of alkyl halides is 6. The van der Waals surface area contributed by atoms with Crippen LogP contribution in [0.15, 0.2) is 60.7 Å². The minimum atomic E-state index is -4.95. The van der Waals surface area contributed by atoms with Crippen molar-refractivity contribution in [3.8, 4) is 0 Å². The molecule has 2 aromatic carbocycles. The summed E-state index contributed by atoms with van der Waals surface area (Å²) in [6.07, 6.45) is 1.05. The van der Waals surface area contributed by atoms with Crippen molar-refractivity contribution in [2.75, 3.05) is 20.8 Å². The number of methoxy groups -OCH3 is 2. The molecule has 274 valence electrons. The maximum atomic E-state index is 14.4. The van der Waals surface area contributed by atoms with Crippen LogP contribution in [0.25, 0.3) is 0 Å². The Bertz CT molecular complexity index is 1290. The fourth-order valence-corrected chi connectivity index (χ4v) is 6.90. The molecule has 0 radical (unpaired) electrons. The molecule has 3 rings (SSSR count). The highest BCUT2D eigenvalue weighted by Gasteiger charge is 2.65. The van der Waals surface area contributed by atoms with Gasteiger partial charge in [0.05, 0.1) is 0 Å². The molecule has 1 aliphatic heterocycles. The molecule has 1 N–H and O–H groups in total. The van der Waals surface area contributed by atoms with Crippen molar-refractivity contribution >= 4 is 11.8 Å². The third-order valence-electron chi connectivity index (χ3n) is 9.58. The average Bonchev–Trinajstić information content (AvgIpc) is 3.53. The van der Waals surface area contributed by atoms with Crippen LogP contribution in [0.2, 0.25) is 0 Å². The number of amides is 2. The van der Waals surface area contributed by atoms with Gasteiger partial charge in [-0.1, -0.05) is 118 Å². The van der Waals surface area contributed by atoms with Crippen LogP contribution in [0.5, 0.6) is 0 Å². The Labute approximate surface area is 285 Å². The highest BCUT2D eigenvalue weighted by molar-refractivity contribution is 5.88. The molecule has 0 aromatic heterocycles. The smallest absolute Gasteiger partial charge is 0.356 e. The third kappa shape index (κ3) is 9.57. The van der Waals surface area contributed by atoms with Crippen molar-refractivity contribution in [1.82, 2.24) is 10.2 Å². The molecule has 0 saturated carbocycles. The topological polar surface area (TPSA) is 67.9 Å². The number of benzene rings is 2. The summed E-state index contributed by atoms with van der Waals surface area (Å²) in [7, 11) is 1.82. The van der Waals surface area contributed by atoms with Crippen molar-refractivity contribution in [3.63, 3.8) is 0 Å². The van der Waals surface area contributed by atoms with Gasteiger partial charge in [-0.05, 0) is 32.6 Å². The summed E-state index contributed by atoms with van der Waals surface area (Å²) >= 11 is 0. The summed E-state index contributed by atoms with van der Waals surface area (Å²) in [5.74, 6) is -2.28. The highest BCUT2D eigenvalue weighted by atomic mass is 19.4. The molecule has 2 aromatic rings. The molecule has 0 aliphatic carbocycles. The number of rotatable bonds is 19. The van der Waals surface area contributed by atoms with E-state index in [0.29, 0.717) is 25.7 Å². The number of carbonyl (C=O) groups is 2. The Balaban J connectivity index is 1.33. The number of halogens is 6. The van der Waals surface area contributed by atoms with Crippen molar-refractivity contribution in [2.45, 2.75) is 126 Å². The second-order valence-electron chi connectivity index (χ2n) is 12.9. The molecule has 1 heterocycles. The summed E-state index contributed by atoms with van der Waals surface area (Å²) in [5.41, 5.74) is -6.61. The highest BCUT2D eigenvalue weighted by Crippen LogP contribution is 2.45. The largest absolute Gasteiger partial charge is 0.430 e. The molecule has 2 amide bonds. The number of carbonyl (C=O) groups excluding carboxylic acids is 2. The van der Waals surface area contributed by atoms with Crippen molar-refractivity contribution in [2.24, 2.45) is 0 Å². The number of likely N-dealkylation sites (tertiary alicyclic amines) is 1. The number of ether oxygens (including phenoxy) is 2. The zero-order valence-electron chi connectivity index (χ0n) is 28.7. The molecule has 0 spiro atoms. The fraction of sp³-hybridized carbons (Fsp3) is 0.622. The van der Waals surface area contributed by atoms with Crippen molar-refractivity contribution < 1.29 is 45.4 Å². The molecule has 0 unspecified atom stereocenters. The molecule has 6 nitrogen and oxygen atoms in total. The molecule has 1 fully saturated rings. The first-order valence-electron chi connectivity index (χ1n) is 17.2. The lowest BCUT2D eigenvalue weighted by molar-refractivity contribution is -0.270. The van der Waals surface area contributed by atoms with E-state index in [4.69, 9.17) is 9.47 Å². The van der Waals surface area contributed by atoms with Gasteiger partial charge in [0.25, 0.3) is 23.0 Å². The van der Waals surface area contributed by atoms with Gasteiger partial charge in [-0.3, -0.25) is 9.59 Å².